The quantitative estimate of drug-likeness (QED) is 0.751. The van der Waals surface area contributed by atoms with Crippen LogP contribution in [-0.2, 0) is 11.3 Å². The van der Waals surface area contributed by atoms with Crippen molar-refractivity contribution in [1.82, 2.24) is 4.98 Å². The minimum Gasteiger partial charge on any atom is -0.497 e. The zero-order valence-electron chi connectivity index (χ0n) is 12.8. The molecular formula is C17H20ClNO2. The number of alkyl halides is 1. The van der Waals surface area contributed by atoms with Gasteiger partial charge in [-0.3, -0.25) is 4.98 Å². The lowest BCUT2D eigenvalue weighted by molar-refractivity contribution is 0.407. The van der Waals surface area contributed by atoms with E-state index in [-0.39, 0.29) is 5.41 Å². The lowest BCUT2D eigenvalue weighted by Gasteiger charge is -2.23. The molecule has 0 saturated heterocycles. The molecule has 0 fully saturated rings. The molecular weight excluding hydrogens is 286 g/mol. The third-order valence-corrected chi connectivity index (χ3v) is 3.51. The zero-order chi connectivity index (χ0) is 15.5. The summed E-state index contributed by atoms with van der Waals surface area (Å²) < 4.78 is 11.4. The fraction of sp³-hybridized carbons (Fsp3) is 0.353. The van der Waals surface area contributed by atoms with Gasteiger partial charge in [0, 0.05) is 23.5 Å². The zero-order valence-corrected chi connectivity index (χ0v) is 13.6. The van der Waals surface area contributed by atoms with Crippen LogP contribution >= 0.6 is 11.6 Å². The second kappa shape index (κ2) is 6.35. The Balaban J connectivity index is 2.44. The van der Waals surface area contributed by atoms with E-state index in [2.05, 4.69) is 25.8 Å². The van der Waals surface area contributed by atoms with Gasteiger partial charge < -0.3 is 9.47 Å². The number of hydrogen-bond donors (Lipinski definition) is 0. The third-order valence-electron chi connectivity index (χ3n) is 3.22. The molecule has 1 heterocycles. The van der Waals surface area contributed by atoms with Gasteiger partial charge in [-0.15, -0.1) is 11.6 Å². The molecule has 0 aliphatic rings. The molecule has 2 rings (SSSR count). The van der Waals surface area contributed by atoms with Gasteiger partial charge in [0.05, 0.1) is 13.0 Å². The Kier molecular flexibility index (Phi) is 4.73. The number of halogens is 1. The molecule has 0 atom stereocenters. The number of aromatic nitrogens is 1. The van der Waals surface area contributed by atoms with E-state index in [4.69, 9.17) is 21.1 Å². The maximum atomic E-state index is 6.08. The van der Waals surface area contributed by atoms with Crippen LogP contribution < -0.4 is 9.47 Å². The largest absolute Gasteiger partial charge is 0.497 e. The molecule has 0 aliphatic heterocycles. The molecule has 0 bridgehead atoms. The number of rotatable bonds is 4. The number of benzene rings is 1. The van der Waals surface area contributed by atoms with Crippen molar-refractivity contribution in [3.05, 3.63) is 47.8 Å². The molecule has 2 aromatic rings. The molecule has 1 aromatic heterocycles. The van der Waals surface area contributed by atoms with Crippen LogP contribution in [0.3, 0.4) is 0 Å². The van der Waals surface area contributed by atoms with Gasteiger partial charge in [-0.2, -0.15) is 0 Å². The first-order valence-corrected chi connectivity index (χ1v) is 7.34. The van der Waals surface area contributed by atoms with Crippen molar-refractivity contribution < 1.29 is 9.47 Å². The second-order valence-electron chi connectivity index (χ2n) is 5.83. The Morgan fingerprint density at radius 2 is 1.90 bits per heavy atom. The molecule has 3 nitrogen and oxygen atoms in total. The maximum absolute atomic E-state index is 6.08. The third kappa shape index (κ3) is 3.67. The van der Waals surface area contributed by atoms with Crippen molar-refractivity contribution in [1.29, 1.82) is 0 Å². The minimum absolute atomic E-state index is 0.0575. The molecule has 0 amide bonds. The summed E-state index contributed by atoms with van der Waals surface area (Å²) in [6.07, 6.45) is 3.42. The van der Waals surface area contributed by atoms with E-state index >= 15 is 0 Å². The van der Waals surface area contributed by atoms with Gasteiger partial charge in [0.15, 0.2) is 0 Å². The van der Waals surface area contributed by atoms with Gasteiger partial charge in [-0.05, 0) is 29.7 Å². The maximum Gasteiger partial charge on any atom is 0.134 e. The lowest BCUT2D eigenvalue weighted by Crippen LogP contribution is -2.13. The summed E-state index contributed by atoms with van der Waals surface area (Å²) in [5.41, 5.74) is 1.90. The van der Waals surface area contributed by atoms with Crippen LogP contribution in [0.2, 0.25) is 0 Å². The average Bonchev–Trinajstić information content (AvgIpc) is 2.47. The summed E-state index contributed by atoms with van der Waals surface area (Å²) in [4.78, 5) is 4.07. The molecule has 0 N–H and O–H groups in total. The number of ether oxygens (including phenoxy) is 2. The highest BCUT2D eigenvalue weighted by Gasteiger charge is 2.21. The van der Waals surface area contributed by atoms with Crippen LogP contribution in [0.15, 0.2) is 36.7 Å². The van der Waals surface area contributed by atoms with Gasteiger partial charge in [0.2, 0.25) is 0 Å². The van der Waals surface area contributed by atoms with Gasteiger partial charge in [0.1, 0.15) is 17.2 Å². The van der Waals surface area contributed by atoms with Gasteiger partial charge in [-0.25, -0.2) is 0 Å². The first kappa shape index (κ1) is 15.6. The van der Waals surface area contributed by atoms with Crippen molar-refractivity contribution in [2.75, 3.05) is 7.11 Å². The van der Waals surface area contributed by atoms with E-state index in [1.165, 1.54) is 0 Å². The van der Waals surface area contributed by atoms with Crippen molar-refractivity contribution >= 4 is 11.6 Å². The average molecular weight is 306 g/mol. The monoisotopic (exact) mass is 305 g/mol. The predicted molar refractivity (Wildman–Crippen MR) is 85.6 cm³/mol. The number of pyridine rings is 1. The Morgan fingerprint density at radius 3 is 2.52 bits per heavy atom. The molecule has 21 heavy (non-hydrogen) atoms. The second-order valence-corrected chi connectivity index (χ2v) is 6.10. The summed E-state index contributed by atoms with van der Waals surface area (Å²) in [6.45, 7) is 6.43. The van der Waals surface area contributed by atoms with Crippen LogP contribution in [0.1, 0.15) is 31.9 Å². The van der Waals surface area contributed by atoms with Gasteiger partial charge in [-0.1, -0.05) is 20.8 Å². The predicted octanol–water partition coefficient (Wildman–Crippen LogP) is 4.92. The SMILES string of the molecule is COc1ccc(Oc2ccncc2CCl)c(C(C)(C)C)c1. The fourth-order valence-corrected chi connectivity index (χ4v) is 2.24. The standard InChI is InChI=1S/C17H20ClNO2/c1-17(2,3)14-9-13(20-4)5-6-16(14)21-15-7-8-19-11-12(15)10-18/h5-9,11H,10H2,1-4H3. The Morgan fingerprint density at radius 1 is 1.14 bits per heavy atom. The summed E-state index contributed by atoms with van der Waals surface area (Å²) in [5, 5.41) is 0. The van der Waals surface area contributed by atoms with E-state index < -0.39 is 0 Å². The molecule has 112 valence electrons. The van der Waals surface area contributed by atoms with Crippen LogP contribution in [0.5, 0.6) is 17.2 Å². The summed E-state index contributed by atoms with van der Waals surface area (Å²) in [6, 6.07) is 7.66. The Labute approximate surface area is 130 Å². The molecule has 0 spiro atoms. The van der Waals surface area contributed by atoms with Crippen molar-refractivity contribution in [3.8, 4) is 17.2 Å². The summed E-state index contributed by atoms with van der Waals surface area (Å²) in [7, 11) is 1.66. The first-order chi connectivity index (χ1) is 9.95. The summed E-state index contributed by atoms with van der Waals surface area (Å²) >= 11 is 5.94. The normalized spacial score (nSPS) is 11.3. The number of hydrogen-bond acceptors (Lipinski definition) is 3. The van der Waals surface area contributed by atoms with Crippen molar-refractivity contribution in [3.63, 3.8) is 0 Å². The molecule has 0 aliphatic carbocycles. The molecule has 1 aromatic carbocycles. The van der Waals surface area contributed by atoms with Gasteiger partial charge in [0.25, 0.3) is 0 Å². The van der Waals surface area contributed by atoms with E-state index in [1.54, 1.807) is 19.5 Å². The van der Waals surface area contributed by atoms with Crippen LogP contribution in [-0.4, -0.2) is 12.1 Å². The highest BCUT2D eigenvalue weighted by Crippen LogP contribution is 2.37. The first-order valence-electron chi connectivity index (χ1n) is 6.81. The number of nitrogens with zero attached hydrogens (tertiary/aromatic N) is 1. The molecule has 0 radical (unpaired) electrons. The van der Waals surface area contributed by atoms with Crippen LogP contribution in [0.25, 0.3) is 0 Å². The highest BCUT2D eigenvalue weighted by atomic mass is 35.5. The van der Waals surface area contributed by atoms with Crippen LogP contribution in [0.4, 0.5) is 0 Å². The molecule has 4 heteroatoms. The van der Waals surface area contributed by atoms with Crippen molar-refractivity contribution in [2.24, 2.45) is 0 Å². The van der Waals surface area contributed by atoms with E-state index in [0.29, 0.717) is 5.88 Å². The molecule has 0 unspecified atom stereocenters. The van der Waals surface area contributed by atoms with Gasteiger partial charge >= 0.3 is 0 Å². The number of methoxy groups -OCH3 is 1. The van der Waals surface area contributed by atoms with E-state index in [9.17, 15) is 0 Å². The minimum atomic E-state index is -0.0575. The Hall–Kier alpha value is -1.74. The van der Waals surface area contributed by atoms with E-state index in [0.717, 1.165) is 28.4 Å². The lowest BCUT2D eigenvalue weighted by atomic mass is 9.86. The van der Waals surface area contributed by atoms with Crippen molar-refractivity contribution in [2.45, 2.75) is 32.1 Å². The highest BCUT2D eigenvalue weighted by molar-refractivity contribution is 6.17. The molecule has 0 saturated carbocycles. The Bertz CT molecular complexity index is 620. The summed E-state index contributed by atoms with van der Waals surface area (Å²) in [5.74, 6) is 2.72. The topological polar surface area (TPSA) is 31.4 Å². The fourth-order valence-electron chi connectivity index (χ4n) is 2.04. The smallest absolute Gasteiger partial charge is 0.134 e. The van der Waals surface area contributed by atoms with Crippen LogP contribution in [0, 0.1) is 0 Å². The van der Waals surface area contributed by atoms with E-state index in [1.807, 2.05) is 24.3 Å².